The maximum atomic E-state index is 6.39. The van der Waals surface area contributed by atoms with Crippen LogP contribution < -0.4 is 0 Å². The van der Waals surface area contributed by atoms with Gasteiger partial charge in [-0.15, -0.1) is 0 Å². The van der Waals surface area contributed by atoms with Crippen molar-refractivity contribution in [2.75, 3.05) is 0 Å². The average molecular weight is 573 g/mol. The van der Waals surface area contributed by atoms with Crippen LogP contribution in [-0.4, -0.2) is 0 Å². The first-order valence-corrected chi connectivity index (χ1v) is 15.8. The molecular formula is C44H28O. The van der Waals surface area contributed by atoms with E-state index in [2.05, 4.69) is 146 Å². The maximum absolute atomic E-state index is 6.39. The SMILES string of the molecule is C(/Cc1ccc(-c2ccccc2)cc1)=C1/Cc2cc3ccccc3cc2-c2c1ccc1c3cccc4oc5cccc(c21)c5c43. The highest BCUT2D eigenvalue weighted by molar-refractivity contribution is 6.35. The molecule has 0 fully saturated rings. The van der Waals surface area contributed by atoms with Crippen LogP contribution in [0.2, 0.25) is 0 Å². The Morgan fingerprint density at radius 1 is 0.511 bits per heavy atom. The molecule has 1 aliphatic carbocycles. The summed E-state index contributed by atoms with van der Waals surface area (Å²) in [6, 6.07) is 51.0. The first-order valence-electron chi connectivity index (χ1n) is 15.8. The van der Waals surface area contributed by atoms with E-state index in [1.807, 2.05) is 0 Å². The second kappa shape index (κ2) is 9.42. The zero-order chi connectivity index (χ0) is 29.5. The lowest BCUT2D eigenvalue weighted by Gasteiger charge is -2.26. The number of fused-ring (bicyclic) bond motifs is 8. The molecule has 1 nitrogen and oxygen atoms in total. The van der Waals surface area contributed by atoms with Crippen molar-refractivity contribution in [3.8, 4) is 22.3 Å². The third-order valence-corrected chi connectivity index (χ3v) is 9.90. The molecule has 0 spiro atoms. The van der Waals surface area contributed by atoms with E-state index in [0.717, 1.165) is 24.0 Å². The van der Waals surface area contributed by atoms with Gasteiger partial charge < -0.3 is 4.42 Å². The normalized spacial score (nSPS) is 13.8. The molecule has 45 heavy (non-hydrogen) atoms. The summed E-state index contributed by atoms with van der Waals surface area (Å²) in [5.41, 5.74) is 12.6. The van der Waals surface area contributed by atoms with Gasteiger partial charge in [0, 0.05) is 10.8 Å². The molecule has 9 aromatic rings. The monoisotopic (exact) mass is 572 g/mol. The van der Waals surface area contributed by atoms with Gasteiger partial charge in [-0.05, 0) is 108 Å². The predicted molar refractivity (Wildman–Crippen MR) is 190 cm³/mol. The topological polar surface area (TPSA) is 13.1 Å². The largest absolute Gasteiger partial charge is 0.456 e. The van der Waals surface area contributed by atoms with Gasteiger partial charge in [0.05, 0.1) is 0 Å². The zero-order valence-electron chi connectivity index (χ0n) is 24.7. The maximum Gasteiger partial charge on any atom is 0.136 e. The molecule has 1 aliphatic rings. The Kier molecular flexibility index (Phi) is 5.18. The van der Waals surface area contributed by atoms with E-state index in [1.165, 1.54) is 87.6 Å². The Bertz CT molecular complexity index is 2620. The van der Waals surface area contributed by atoms with Gasteiger partial charge in [-0.3, -0.25) is 0 Å². The first-order chi connectivity index (χ1) is 22.3. The van der Waals surface area contributed by atoms with E-state index in [1.54, 1.807) is 0 Å². The molecule has 1 heterocycles. The highest BCUT2D eigenvalue weighted by Gasteiger charge is 2.26. The Morgan fingerprint density at radius 3 is 1.98 bits per heavy atom. The van der Waals surface area contributed by atoms with Crippen molar-refractivity contribution in [1.29, 1.82) is 0 Å². The number of furan rings is 1. The van der Waals surface area contributed by atoms with Gasteiger partial charge in [-0.2, -0.15) is 0 Å². The molecular weight excluding hydrogens is 544 g/mol. The van der Waals surface area contributed by atoms with Crippen LogP contribution in [0.4, 0.5) is 0 Å². The van der Waals surface area contributed by atoms with Gasteiger partial charge in [0.1, 0.15) is 11.2 Å². The van der Waals surface area contributed by atoms with Crippen LogP contribution in [0, 0.1) is 0 Å². The van der Waals surface area contributed by atoms with E-state index in [0.29, 0.717) is 0 Å². The second-order valence-corrected chi connectivity index (χ2v) is 12.4. The minimum Gasteiger partial charge on any atom is -0.456 e. The number of benzene rings is 8. The molecule has 1 aromatic heterocycles. The number of hydrogen-bond acceptors (Lipinski definition) is 1. The molecule has 10 rings (SSSR count). The number of rotatable bonds is 3. The summed E-state index contributed by atoms with van der Waals surface area (Å²) in [5, 5.41) is 10.2. The summed E-state index contributed by atoms with van der Waals surface area (Å²) in [7, 11) is 0. The fraction of sp³-hybridized carbons (Fsp3) is 0.0455. The fourth-order valence-electron chi connectivity index (χ4n) is 7.81. The standard InChI is InChI=1S/C44H28O/c1-2-8-28(9-3-1)29-19-16-27(17-20-29)18-21-32-25-33-24-30-10-4-5-11-31(30)26-38(33)41-34(32)22-23-36-35-12-6-14-39-43(35)44-37(42(36)41)13-7-15-40(44)45-39/h1-17,19-24,26H,18,25H2/b32-21+. The van der Waals surface area contributed by atoms with E-state index in [-0.39, 0.29) is 0 Å². The quantitative estimate of drug-likeness (QED) is 0.192. The van der Waals surface area contributed by atoms with Crippen LogP contribution in [-0.2, 0) is 12.8 Å². The summed E-state index contributed by atoms with van der Waals surface area (Å²) in [6.45, 7) is 0. The summed E-state index contributed by atoms with van der Waals surface area (Å²) in [6.07, 6.45) is 4.28. The van der Waals surface area contributed by atoms with Crippen molar-refractivity contribution in [2.24, 2.45) is 0 Å². The van der Waals surface area contributed by atoms with Gasteiger partial charge in [0.15, 0.2) is 0 Å². The van der Waals surface area contributed by atoms with Crippen LogP contribution in [0.5, 0.6) is 0 Å². The molecule has 210 valence electrons. The van der Waals surface area contributed by atoms with Crippen LogP contribution in [0.3, 0.4) is 0 Å². The molecule has 0 aliphatic heterocycles. The van der Waals surface area contributed by atoms with Crippen LogP contribution >= 0.6 is 0 Å². The molecule has 0 saturated carbocycles. The minimum atomic E-state index is 0.893. The molecule has 1 heteroatoms. The van der Waals surface area contributed by atoms with Crippen molar-refractivity contribution in [3.05, 3.63) is 162 Å². The lowest BCUT2D eigenvalue weighted by atomic mass is 9.77. The third kappa shape index (κ3) is 3.68. The number of hydrogen-bond donors (Lipinski definition) is 0. The molecule has 0 amide bonds. The Morgan fingerprint density at radius 2 is 1.18 bits per heavy atom. The Balaban J connectivity index is 1.21. The summed E-state index contributed by atoms with van der Waals surface area (Å²) < 4.78 is 6.39. The summed E-state index contributed by atoms with van der Waals surface area (Å²) >= 11 is 0. The lowest BCUT2D eigenvalue weighted by molar-refractivity contribution is 0.669. The molecule has 8 aromatic carbocycles. The van der Waals surface area contributed by atoms with Gasteiger partial charge in [-0.25, -0.2) is 0 Å². The minimum absolute atomic E-state index is 0.893. The second-order valence-electron chi connectivity index (χ2n) is 12.4. The first kappa shape index (κ1) is 24.7. The molecule has 0 unspecified atom stereocenters. The smallest absolute Gasteiger partial charge is 0.136 e. The highest BCUT2D eigenvalue weighted by Crippen LogP contribution is 2.50. The van der Waals surface area contributed by atoms with E-state index < -0.39 is 0 Å². The fourth-order valence-corrected chi connectivity index (χ4v) is 7.81. The van der Waals surface area contributed by atoms with Crippen LogP contribution in [0.15, 0.2) is 150 Å². The zero-order valence-corrected chi connectivity index (χ0v) is 24.7. The Labute approximate surface area is 261 Å². The summed E-state index contributed by atoms with van der Waals surface area (Å²) in [5.74, 6) is 0. The molecule has 0 bridgehead atoms. The van der Waals surface area contributed by atoms with Gasteiger partial charge in [0.25, 0.3) is 0 Å². The van der Waals surface area contributed by atoms with Gasteiger partial charge in [0.2, 0.25) is 0 Å². The van der Waals surface area contributed by atoms with Crippen LogP contribution in [0.1, 0.15) is 16.7 Å². The Hall–Kier alpha value is -5.66. The third-order valence-electron chi connectivity index (χ3n) is 9.90. The van der Waals surface area contributed by atoms with Crippen molar-refractivity contribution in [1.82, 2.24) is 0 Å². The van der Waals surface area contributed by atoms with Gasteiger partial charge >= 0.3 is 0 Å². The van der Waals surface area contributed by atoms with Gasteiger partial charge in [-0.1, -0.05) is 127 Å². The van der Waals surface area contributed by atoms with Crippen molar-refractivity contribution >= 4 is 59.8 Å². The van der Waals surface area contributed by atoms with Crippen molar-refractivity contribution in [2.45, 2.75) is 12.8 Å². The molecule has 0 saturated heterocycles. The highest BCUT2D eigenvalue weighted by atomic mass is 16.3. The average Bonchev–Trinajstić information content (AvgIpc) is 3.49. The lowest BCUT2D eigenvalue weighted by Crippen LogP contribution is -2.05. The van der Waals surface area contributed by atoms with Crippen LogP contribution in [0.25, 0.3) is 82.1 Å². The van der Waals surface area contributed by atoms with E-state index in [4.69, 9.17) is 4.42 Å². The molecule has 0 N–H and O–H groups in total. The van der Waals surface area contributed by atoms with Crippen molar-refractivity contribution in [3.63, 3.8) is 0 Å². The summed E-state index contributed by atoms with van der Waals surface area (Å²) in [4.78, 5) is 0. The number of allylic oxidation sites excluding steroid dienone is 2. The van der Waals surface area contributed by atoms with E-state index in [9.17, 15) is 0 Å². The molecule has 0 atom stereocenters. The predicted octanol–water partition coefficient (Wildman–Crippen LogP) is 12.0. The molecule has 0 radical (unpaired) electrons. The van der Waals surface area contributed by atoms with E-state index >= 15 is 0 Å². The van der Waals surface area contributed by atoms with Crippen molar-refractivity contribution < 1.29 is 4.42 Å².